The Morgan fingerprint density at radius 3 is 2.92 bits per heavy atom. The molecule has 3 rings (SSSR count). The van der Waals surface area contributed by atoms with Crippen LogP contribution in [0.2, 0.25) is 0 Å². The third-order valence-corrected chi connectivity index (χ3v) is 3.91. The number of nitrogens with zero attached hydrogens (tertiary/aromatic N) is 2. The zero-order valence-electron chi connectivity index (χ0n) is 13.5. The molecule has 2 aromatic rings. The Morgan fingerprint density at radius 2 is 2.25 bits per heavy atom. The number of anilines is 1. The maximum atomic E-state index is 12.4. The summed E-state index contributed by atoms with van der Waals surface area (Å²) in [5.74, 6) is 0.423. The summed E-state index contributed by atoms with van der Waals surface area (Å²) in [6.45, 7) is 4.99. The van der Waals surface area contributed by atoms with Crippen LogP contribution in [0.1, 0.15) is 30.6 Å². The smallest absolute Gasteiger partial charge is 0.257 e. The van der Waals surface area contributed by atoms with Crippen LogP contribution in [0, 0.1) is 0 Å². The molecule has 1 amide bonds. The van der Waals surface area contributed by atoms with Crippen molar-refractivity contribution < 1.29 is 19.0 Å². The highest BCUT2D eigenvalue weighted by Gasteiger charge is 2.20. The quantitative estimate of drug-likeness (QED) is 0.863. The summed E-state index contributed by atoms with van der Waals surface area (Å²) in [7, 11) is 0. The van der Waals surface area contributed by atoms with E-state index in [0.29, 0.717) is 35.7 Å². The van der Waals surface area contributed by atoms with Crippen molar-refractivity contribution in [3.05, 3.63) is 29.3 Å². The number of rotatable bonds is 6. The molecule has 1 aliphatic heterocycles. The highest BCUT2D eigenvalue weighted by Crippen LogP contribution is 2.23. The number of aromatic nitrogens is 2. The summed E-state index contributed by atoms with van der Waals surface area (Å²) in [6, 6.07) is 3.20. The number of hydrogen-bond acceptors (Lipinski definition) is 7. The average molecular weight is 349 g/mol. The van der Waals surface area contributed by atoms with Crippen molar-refractivity contribution in [2.24, 2.45) is 0 Å². The molecule has 0 spiro atoms. The Bertz CT molecular complexity index is 685. The van der Waals surface area contributed by atoms with Gasteiger partial charge >= 0.3 is 0 Å². The van der Waals surface area contributed by atoms with Crippen LogP contribution in [-0.4, -0.2) is 41.3 Å². The fourth-order valence-electron chi connectivity index (χ4n) is 2.21. The van der Waals surface area contributed by atoms with E-state index in [9.17, 15) is 4.79 Å². The van der Waals surface area contributed by atoms with Gasteiger partial charge in [-0.2, -0.15) is 4.98 Å². The van der Waals surface area contributed by atoms with E-state index in [1.807, 2.05) is 13.8 Å². The molecule has 0 saturated carbocycles. The van der Waals surface area contributed by atoms with E-state index < -0.39 is 0 Å². The Hall–Kier alpha value is -2.19. The van der Waals surface area contributed by atoms with Gasteiger partial charge in [0.15, 0.2) is 5.13 Å². The van der Waals surface area contributed by atoms with Crippen LogP contribution in [0.5, 0.6) is 11.8 Å². The summed E-state index contributed by atoms with van der Waals surface area (Å²) in [5, 5.41) is 5.08. The van der Waals surface area contributed by atoms with Crippen LogP contribution in [0.3, 0.4) is 0 Å². The molecule has 0 bridgehead atoms. The molecule has 1 atom stereocenters. The molecule has 1 unspecified atom stereocenters. The maximum absolute atomic E-state index is 12.4. The number of pyridine rings is 1. The van der Waals surface area contributed by atoms with E-state index in [0.717, 1.165) is 6.42 Å². The molecule has 8 heteroatoms. The first-order valence-electron chi connectivity index (χ1n) is 7.74. The zero-order chi connectivity index (χ0) is 16.9. The lowest BCUT2D eigenvalue weighted by Gasteiger charge is -2.15. The average Bonchev–Trinajstić information content (AvgIpc) is 3.20. The second kappa shape index (κ2) is 7.59. The van der Waals surface area contributed by atoms with Gasteiger partial charge in [0.25, 0.3) is 5.91 Å². The van der Waals surface area contributed by atoms with Gasteiger partial charge in [0.2, 0.25) is 11.8 Å². The van der Waals surface area contributed by atoms with Crippen LogP contribution in [-0.2, 0) is 4.74 Å². The molecule has 1 fully saturated rings. The van der Waals surface area contributed by atoms with E-state index >= 15 is 0 Å². The molecule has 7 nitrogen and oxygen atoms in total. The Labute approximate surface area is 144 Å². The molecule has 2 aromatic heterocycles. The van der Waals surface area contributed by atoms with Crippen LogP contribution in [0.25, 0.3) is 0 Å². The molecular formula is C16H19N3O4S. The van der Waals surface area contributed by atoms with Gasteiger partial charge in [0.05, 0.1) is 24.9 Å². The molecular weight excluding hydrogens is 330 g/mol. The maximum Gasteiger partial charge on any atom is 0.257 e. The molecule has 0 aliphatic carbocycles. The minimum absolute atomic E-state index is 0.0540. The summed E-state index contributed by atoms with van der Waals surface area (Å²) in [6.07, 6.45) is 2.32. The second-order valence-corrected chi connectivity index (χ2v) is 6.49. The largest absolute Gasteiger partial charge is 0.475 e. The van der Waals surface area contributed by atoms with Gasteiger partial charge in [-0.05, 0) is 13.8 Å². The van der Waals surface area contributed by atoms with Crippen LogP contribution in [0.15, 0.2) is 23.7 Å². The van der Waals surface area contributed by atoms with E-state index in [4.69, 9.17) is 14.2 Å². The summed E-state index contributed by atoms with van der Waals surface area (Å²) in [5.41, 5.74) is 0.407. The summed E-state index contributed by atoms with van der Waals surface area (Å²) >= 11 is 1.35. The zero-order valence-corrected chi connectivity index (χ0v) is 14.3. The number of hydrogen-bond donors (Lipinski definition) is 1. The Kier molecular flexibility index (Phi) is 5.27. The molecule has 1 saturated heterocycles. The number of ether oxygens (including phenoxy) is 3. The van der Waals surface area contributed by atoms with Crippen LogP contribution >= 0.6 is 11.3 Å². The monoisotopic (exact) mass is 349 g/mol. The van der Waals surface area contributed by atoms with Crippen molar-refractivity contribution >= 4 is 22.4 Å². The minimum Gasteiger partial charge on any atom is -0.475 e. The molecule has 0 radical (unpaired) electrons. The van der Waals surface area contributed by atoms with Gasteiger partial charge < -0.3 is 14.2 Å². The van der Waals surface area contributed by atoms with Gasteiger partial charge in [-0.25, -0.2) is 4.98 Å². The fourth-order valence-corrected chi connectivity index (χ4v) is 2.73. The first-order chi connectivity index (χ1) is 11.6. The number of thiazole rings is 1. The van der Waals surface area contributed by atoms with E-state index in [1.165, 1.54) is 11.3 Å². The Balaban J connectivity index is 1.81. The summed E-state index contributed by atoms with van der Waals surface area (Å²) in [4.78, 5) is 20.8. The van der Waals surface area contributed by atoms with Crippen LogP contribution in [0.4, 0.5) is 5.13 Å². The van der Waals surface area contributed by atoms with Crippen molar-refractivity contribution in [3.63, 3.8) is 0 Å². The molecule has 128 valence electrons. The molecule has 0 aromatic carbocycles. The Morgan fingerprint density at radius 1 is 1.42 bits per heavy atom. The number of carbonyl (C=O) groups is 1. The standard InChI is InChI=1S/C16H19N3O4S/c1-10(2)22-13-7-11(15(20)19-16-17-4-6-24-16)8-14(18-13)23-12-3-5-21-9-12/h4,6-8,10,12H,3,5,9H2,1-2H3,(H,17,19,20). The molecule has 1 aliphatic rings. The lowest BCUT2D eigenvalue weighted by atomic mass is 10.2. The number of nitrogens with one attached hydrogen (secondary N) is 1. The predicted molar refractivity (Wildman–Crippen MR) is 89.9 cm³/mol. The van der Waals surface area contributed by atoms with Gasteiger partial charge in [0.1, 0.15) is 6.10 Å². The lowest BCUT2D eigenvalue weighted by Crippen LogP contribution is -2.18. The number of carbonyl (C=O) groups excluding carboxylic acids is 1. The van der Waals surface area contributed by atoms with Gasteiger partial charge in [-0.15, -0.1) is 11.3 Å². The highest BCUT2D eigenvalue weighted by molar-refractivity contribution is 7.13. The SMILES string of the molecule is CC(C)Oc1cc(C(=O)Nc2nccs2)cc(OC2CCOC2)n1. The first-order valence-corrected chi connectivity index (χ1v) is 8.62. The molecule has 24 heavy (non-hydrogen) atoms. The first kappa shape index (κ1) is 16.7. The number of amides is 1. The normalized spacial score (nSPS) is 17.0. The molecule has 1 N–H and O–H groups in total. The topological polar surface area (TPSA) is 82.6 Å². The van der Waals surface area contributed by atoms with E-state index in [-0.39, 0.29) is 18.1 Å². The van der Waals surface area contributed by atoms with Crippen molar-refractivity contribution in [1.29, 1.82) is 0 Å². The predicted octanol–water partition coefficient (Wildman–Crippen LogP) is 2.75. The van der Waals surface area contributed by atoms with Gasteiger partial charge in [0, 0.05) is 30.1 Å². The highest BCUT2D eigenvalue weighted by atomic mass is 32.1. The summed E-state index contributed by atoms with van der Waals surface area (Å²) < 4.78 is 16.7. The third-order valence-electron chi connectivity index (χ3n) is 3.23. The molecule has 3 heterocycles. The van der Waals surface area contributed by atoms with Gasteiger partial charge in [-0.1, -0.05) is 0 Å². The lowest BCUT2D eigenvalue weighted by molar-refractivity contribution is 0.102. The third kappa shape index (κ3) is 4.42. The van der Waals surface area contributed by atoms with Crippen molar-refractivity contribution in [3.8, 4) is 11.8 Å². The fraction of sp³-hybridized carbons (Fsp3) is 0.438. The van der Waals surface area contributed by atoms with E-state index in [1.54, 1.807) is 23.7 Å². The van der Waals surface area contributed by atoms with E-state index in [2.05, 4.69) is 15.3 Å². The van der Waals surface area contributed by atoms with Crippen molar-refractivity contribution in [2.75, 3.05) is 18.5 Å². The second-order valence-electron chi connectivity index (χ2n) is 5.59. The minimum atomic E-state index is -0.284. The van der Waals surface area contributed by atoms with Crippen LogP contribution < -0.4 is 14.8 Å². The van der Waals surface area contributed by atoms with Crippen molar-refractivity contribution in [2.45, 2.75) is 32.5 Å². The van der Waals surface area contributed by atoms with Gasteiger partial charge in [-0.3, -0.25) is 10.1 Å². The van der Waals surface area contributed by atoms with Crippen molar-refractivity contribution in [1.82, 2.24) is 9.97 Å².